The van der Waals surface area contributed by atoms with Gasteiger partial charge >= 0.3 is 5.97 Å². The quantitative estimate of drug-likeness (QED) is 0.0448. The zero-order chi connectivity index (χ0) is 31.4. The number of aliphatic hydroxyl groups is 3. The van der Waals surface area contributed by atoms with Gasteiger partial charge in [0.05, 0.1) is 24.9 Å². The summed E-state index contributed by atoms with van der Waals surface area (Å²) in [5.41, 5.74) is 0. The van der Waals surface area contributed by atoms with Gasteiger partial charge in [-0.15, -0.1) is 0 Å². The molecule has 252 valence electrons. The summed E-state index contributed by atoms with van der Waals surface area (Å²) in [4.78, 5) is 12.0. The van der Waals surface area contributed by atoms with Crippen LogP contribution in [0.2, 0.25) is 0 Å². The first kappa shape index (κ1) is 39.9. The molecule has 0 aromatic carbocycles. The van der Waals surface area contributed by atoms with Crippen molar-refractivity contribution in [1.82, 2.24) is 0 Å². The second-order valence-electron chi connectivity index (χ2n) is 13.2. The van der Waals surface area contributed by atoms with Gasteiger partial charge in [0.25, 0.3) is 0 Å². The van der Waals surface area contributed by atoms with E-state index in [0.717, 1.165) is 51.4 Å². The van der Waals surface area contributed by atoms with Gasteiger partial charge in [-0.3, -0.25) is 4.79 Å². The summed E-state index contributed by atoms with van der Waals surface area (Å²) in [6.45, 7) is 5.00. The van der Waals surface area contributed by atoms with Crippen molar-refractivity contribution in [2.45, 2.75) is 193 Å². The lowest BCUT2D eigenvalue weighted by Crippen LogP contribution is -2.23. The third-order valence-corrected chi connectivity index (χ3v) is 9.24. The lowest BCUT2D eigenvalue weighted by Gasteiger charge is -2.23. The smallest absolute Gasteiger partial charge is 0.305 e. The molecule has 0 aliphatic heterocycles. The van der Waals surface area contributed by atoms with Crippen LogP contribution in [0.25, 0.3) is 0 Å². The predicted octanol–water partition coefficient (Wildman–Crippen LogP) is 9.76. The van der Waals surface area contributed by atoms with Crippen LogP contribution in [0.3, 0.4) is 0 Å². The number of allylic oxidation sites excluding steroid dienone is 4. The lowest BCUT2D eigenvalue weighted by molar-refractivity contribution is -0.143. The number of carbonyl (C=O) groups is 1. The van der Waals surface area contributed by atoms with Gasteiger partial charge in [0.1, 0.15) is 0 Å². The molecule has 5 nitrogen and oxygen atoms in total. The fourth-order valence-corrected chi connectivity index (χ4v) is 6.41. The maximum atomic E-state index is 12.0. The molecule has 0 aromatic heterocycles. The number of aliphatic hydroxyl groups excluding tert-OH is 3. The molecule has 3 N–H and O–H groups in total. The highest BCUT2D eigenvalue weighted by molar-refractivity contribution is 5.69. The van der Waals surface area contributed by atoms with Crippen molar-refractivity contribution in [2.75, 3.05) is 6.61 Å². The van der Waals surface area contributed by atoms with Crippen LogP contribution in [-0.2, 0) is 9.53 Å². The fourth-order valence-electron chi connectivity index (χ4n) is 6.41. The maximum Gasteiger partial charge on any atom is 0.305 e. The van der Waals surface area contributed by atoms with Gasteiger partial charge in [-0.05, 0) is 88.9 Å². The molecule has 0 heterocycles. The molecule has 0 radical (unpaired) electrons. The van der Waals surface area contributed by atoms with Crippen molar-refractivity contribution in [3.05, 3.63) is 24.3 Å². The van der Waals surface area contributed by atoms with Crippen LogP contribution in [0.1, 0.15) is 174 Å². The van der Waals surface area contributed by atoms with Gasteiger partial charge in [0, 0.05) is 6.42 Å². The van der Waals surface area contributed by atoms with Crippen LogP contribution in [0, 0.1) is 11.8 Å². The van der Waals surface area contributed by atoms with Gasteiger partial charge in [0.15, 0.2) is 0 Å². The van der Waals surface area contributed by atoms with Crippen molar-refractivity contribution in [2.24, 2.45) is 11.8 Å². The number of ether oxygens (including phenoxy) is 1. The molecule has 0 unspecified atom stereocenters. The van der Waals surface area contributed by atoms with E-state index in [1.165, 1.54) is 89.9 Å². The molecular weight excluding hydrogens is 536 g/mol. The molecule has 0 aromatic rings. The summed E-state index contributed by atoms with van der Waals surface area (Å²) in [5, 5.41) is 31.4. The third kappa shape index (κ3) is 22.1. The predicted molar refractivity (Wildman–Crippen MR) is 181 cm³/mol. The summed E-state index contributed by atoms with van der Waals surface area (Å²) >= 11 is 0. The standard InChI is InChI=1S/C38H70O5/c1-3-5-7-9-10-11-12-13-14-15-16-17-21-25-31-43-38(42)28-24-20-19-23-27-34-35(37(41)32-36(34)40)30-29-33(39)26-22-18-8-6-4-2/h11-12,19,23,33-37,39-41H,3-10,13-18,20-22,24-32H2,1-2H3/b12-11-,23-19-/t33-,34+,35+,36-,37+/m0/s1. The number of esters is 1. The molecule has 43 heavy (non-hydrogen) atoms. The number of hydrogen-bond donors (Lipinski definition) is 3. The third-order valence-electron chi connectivity index (χ3n) is 9.24. The Labute approximate surface area is 266 Å². The molecule has 5 atom stereocenters. The van der Waals surface area contributed by atoms with Crippen molar-refractivity contribution in [1.29, 1.82) is 0 Å². The lowest BCUT2D eigenvalue weighted by atomic mass is 9.85. The van der Waals surface area contributed by atoms with E-state index in [0.29, 0.717) is 25.9 Å². The van der Waals surface area contributed by atoms with E-state index in [1.807, 2.05) is 0 Å². The van der Waals surface area contributed by atoms with Gasteiger partial charge < -0.3 is 20.1 Å². The second-order valence-corrected chi connectivity index (χ2v) is 13.2. The van der Waals surface area contributed by atoms with Crippen LogP contribution < -0.4 is 0 Å². The highest BCUT2D eigenvalue weighted by atomic mass is 16.5. The zero-order valence-corrected chi connectivity index (χ0v) is 28.2. The Hall–Kier alpha value is -1.17. The minimum Gasteiger partial charge on any atom is -0.466 e. The molecule has 0 saturated heterocycles. The largest absolute Gasteiger partial charge is 0.466 e. The summed E-state index contributed by atoms with van der Waals surface area (Å²) in [7, 11) is 0. The highest BCUT2D eigenvalue weighted by Crippen LogP contribution is 2.38. The van der Waals surface area contributed by atoms with Crippen LogP contribution in [0.15, 0.2) is 24.3 Å². The molecule has 0 amide bonds. The molecule has 0 spiro atoms. The van der Waals surface area contributed by atoms with Gasteiger partial charge in [-0.25, -0.2) is 0 Å². The molecule has 1 rings (SSSR count). The van der Waals surface area contributed by atoms with E-state index in [2.05, 4.69) is 38.2 Å². The normalized spacial score (nSPS) is 21.3. The molecule has 1 saturated carbocycles. The molecule has 5 heteroatoms. The van der Waals surface area contributed by atoms with Gasteiger partial charge in [0.2, 0.25) is 0 Å². The van der Waals surface area contributed by atoms with Crippen LogP contribution >= 0.6 is 0 Å². The van der Waals surface area contributed by atoms with E-state index in [9.17, 15) is 20.1 Å². The van der Waals surface area contributed by atoms with Crippen molar-refractivity contribution in [3.63, 3.8) is 0 Å². The van der Waals surface area contributed by atoms with E-state index in [4.69, 9.17) is 4.74 Å². The summed E-state index contributed by atoms with van der Waals surface area (Å²) < 4.78 is 5.41. The van der Waals surface area contributed by atoms with Crippen molar-refractivity contribution >= 4 is 5.97 Å². The van der Waals surface area contributed by atoms with Crippen molar-refractivity contribution in [3.8, 4) is 0 Å². The summed E-state index contributed by atoms with van der Waals surface area (Å²) in [6, 6.07) is 0. The molecule has 1 aliphatic carbocycles. The number of rotatable bonds is 29. The number of hydrogen-bond acceptors (Lipinski definition) is 5. The minimum absolute atomic E-state index is 0.0370. The summed E-state index contributed by atoms with van der Waals surface area (Å²) in [6.07, 6.45) is 34.0. The van der Waals surface area contributed by atoms with Crippen LogP contribution in [0.4, 0.5) is 0 Å². The van der Waals surface area contributed by atoms with Gasteiger partial charge in [-0.1, -0.05) is 115 Å². The van der Waals surface area contributed by atoms with E-state index >= 15 is 0 Å². The van der Waals surface area contributed by atoms with Crippen LogP contribution in [-0.4, -0.2) is 46.2 Å². The highest BCUT2D eigenvalue weighted by Gasteiger charge is 2.40. The van der Waals surface area contributed by atoms with Crippen LogP contribution in [0.5, 0.6) is 0 Å². The maximum absolute atomic E-state index is 12.0. The van der Waals surface area contributed by atoms with Crippen molar-refractivity contribution < 1.29 is 24.9 Å². The second kappa shape index (κ2) is 28.3. The Morgan fingerprint density at radius 1 is 0.674 bits per heavy atom. The topological polar surface area (TPSA) is 87.0 Å². The number of carbonyl (C=O) groups excluding carboxylic acids is 1. The minimum atomic E-state index is -0.489. The summed E-state index contributed by atoms with van der Waals surface area (Å²) in [5.74, 6) is -0.0282. The first-order chi connectivity index (χ1) is 21.0. The Balaban J connectivity index is 2.03. The molecule has 1 fully saturated rings. The first-order valence-corrected chi connectivity index (χ1v) is 18.5. The Bertz CT molecular complexity index is 690. The van der Waals surface area contributed by atoms with E-state index in [1.54, 1.807) is 0 Å². The van der Waals surface area contributed by atoms with Gasteiger partial charge in [-0.2, -0.15) is 0 Å². The Morgan fingerprint density at radius 2 is 1.21 bits per heavy atom. The number of unbranched alkanes of at least 4 members (excludes halogenated alkanes) is 15. The molecular formula is C38H70O5. The monoisotopic (exact) mass is 607 g/mol. The Kier molecular flexibility index (Phi) is 26.2. The average Bonchev–Trinajstić information content (AvgIpc) is 3.26. The fraction of sp³-hybridized carbons (Fsp3) is 0.868. The molecule has 1 aliphatic rings. The SMILES string of the molecule is CCCCCC/C=C\CCCCCCCCOC(=O)CCC/C=C\C[C@@H]1[C@@H](CC[C@@H](O)CCCCCCC)[C@H](O)C[C@@H]1O. The van der Waals surface area contributed by atoms with E-state index in [-0.39, 0.29) is 23.9 Å². The Morgan fingerprint density at radius 3 is 1.91 bits per heavy atom. The van der Waals surface area contributed by atoms with E-state index < -0.39 is 12.2 Å². The zero-order valence-electron chi connectivity index (χ0n) is 28.2. The molecule has 0 bridgehead atoms. The first-order valence-electron chi connectivity index (χ1n) is 18.5. The average molecular weight is 607 g/mol.